The number of sulfonamides is 1. The lowest BCUT2D eigenvalue weighted by atomic mass is 9.83. The van der Waals surface area contributed by atoms with Gasteiger partial charge in [-0.2, -0.15) is 0 Å². The highest BCUT2D eigenvalue weighted by atomic mass is 32.2. The van der Waals surface area contributed by atoms with Crippen molar-refractivity contribution in [1.82, 2.24) is 0 Å². The summed E-state index contributed by atoms with van der Waals surface area (Å²) in [5.41, 5.74) is 2.03. The first-order valence-corrected chi connectivity index (χ1v) is 10.8. The van der Waals surface area contributed by atoms with Crippen molar-refractivity contribution in [1.29, 1.82) is 0 Å². The predicted octanol–water partition coefficient (Wildman–Crippen LogP) is 4.77. The van der Waals surface area contributed by atoms with Crippen LogP contribution in [0, 0.1) is 6.92 Å². The summed E-state index contributed by atoms with van der Waals surface area (Å²) in [6.07, 6.45) is 3.29. The van der Waals surface area contributed by atoms with E-state index in [4.69, 9.17) is 4.42 Å². The Bertz CT molecular complexity index is 1150. The van der Waals surface area contributed by atoms with Crippen LogP contribution in [0.3, 0.4) is 0 Å². The summed E-state index contributed by atoms with van der Waals surface area (Å²) in [5, 5.41) is 0. The number of fused-ring (bicyclic) bond motifs is 1. The summed E-state index contributed by atoms with van der Waals surface area (Å²) in [5.74, 6) is -0.467. The molecule has 3 aromatic rings. The molecule has 1 aromatic heterocycles. The molecular weight excluding hydrogens is 386 g/mol. The van der Waals surface area contributed by atoms with E-state index in [-0.39, 0.29) is 23.2 Å². The van der Waals surface area contributed by atoms with E-state index in [1.54, 1.807) is 48.7 Å². The van der Waals surface area contributed by atoms with Crippen LogP contribution in [0.15, 0.2) is 88.9 Å². The summed E-state index contributed by atoms with van der Waals surface area (Å²) in [7, 11) is -4.07. The Morgan fingerprint density at radius 3 is 2.45 bits per heavy atom. The van der Waals surface area contributed by atoms with Crippen LogP contribution in [0.4, 0.5) is 5.69 Å². The number of aryl methyl sites for hydroxylation is 1. The number of anilines is 1. The summed E-state index contributed by atoms with van der Waals surface area (Å²) >= 11 is 0. The fourth-order valence-corrected chi connectivity index (χ4v) is 5.31. The van der Waals surface area contributed by atoms with E-state index in [0.29, 0.717) is 11.4 Å². The van der Waals surface area contributed by atoms with Crippen LogP contribution in [-0.2, 0) is 14.8 Å². The second-order valence-corrected chi connectivity index (χ2v) is 8.91. The van der Waals surface area contributed by atoms with Crippen LogP contribution in [-0.4, -0.2) is 14.3 Å². The van der Waals surface area contributed by atoms with Gasteiger partial charge in [-0.25, -0.2) is 12.7 Å². The lowest BCUT2D eigenvalue weighted by molar-refractivity contribution is -0.117. The van der Waals surface area contributed by atoms with Gasteiger partial charge in [-0.1, -0.05) is 42.0 Å². The molecule has 2 aromatic carbocycles. The van der Waals surface area contributed by atoms with E-state index >= 15 is 0 Å². The third-order valence-electron chi connectivity index (χ3n) is 5.29. The number of para-hydroxylation sites is 1. The Kier molecular flexibility index (Phi) is 4.88. The van der Waals surface area contributed by atoms with Crippen LogP contribution in [0.2, 0.25) is 0 Å². The molecule has 1 amide bonds. The largest absolute Gasteiger partial charge is 0.469 e. The molecule has 29 heavy (non-hydrogen) atoms. The lowest BCUT2D eigenvalue weighted by Gasteiger charge is -2.23. The fraction of sp³-hybridized carbons (Fsp3) is 0.174. The number of carbonyl (C=O) groups is 1. The molecule has 2 heterocycles. The average Bonchev–Trinajstić information content (AvgIpc) is 3.19. The van der Waals surface area contributed by atoms with Gasteiger partial charge in [0.2, 0.25) is 5.91 Å². The molecule has 6 heteroatoms. The number of rotatable bonds is 4. The monoisotopic (exact) mass is 407 g/mol. The molecule has 0 radical (unpaired) electrons. The third kappa shape index (κ3) is 3.29. The van der Waals surface area contributed by atoms with Crippen molar-refractivity contribution in [2.24, 2.45) is 0 Å². The van der Waals surface area contributed by atoms with E-state index in [0.717, 1.165) is 15.4 Å². The van der Waals surface area contributed by atoms with E-state index < -0.39 is 15.9 Å². The van der Waals surface area contributed by atoms with Crippen molar-refractivity contribution in [2.45, 2.75) is 30.1 Å². The SMILES string of the molecule is C=C[C@H]1c2ccccc2N(S(=O)(=O)c2ccc(C)cc2)C(=O)C[C@@H]1c1ccco1. The van der Waals surface area contributed by atoms with Gasteiger partial charge in [0.1, 0.15) is 5.76 Å². The smallest absolute Gasteiger partial charge is 0.270 e. The van der Waals surface area contributed by atoms with Gasteiger partial charge >= 0.3 is 0 Å². The minimum absolute atomic E-state index is 0.00995. The minimum atomic E-state index is -4.07. The first-order valence-electron chi connectivity index (χ1n) is 9.33. The third-order valence-corrected chi connectivity index (χ3v) is 7.04. The summed E-state index contributed by atoms with van der Waals surface area (Å²) in [6, 6.07) is 17.1. The quantitative estimate of drug-likeness (QED) is 0.585. The molecular formula is C23H21NO4S. The highest BCUT2D eigenvalue weighted by Gasteiger charge is 2.40. The molecule has 0 aliphatic carbocycles. The topological polar surface area (TPSA) is 67.6 Å². The number of benzene rings is 2. The van der Waals surface area contributed by atoms with Crippen molar-refractivity contribution in [3.05, 3.63) is 96.5 Å². The summed E-state index contributed by atoms with van der Waals surface area (Å²) in [6.45, 7) is 5.82. The zero-order valence-corrected chi connectivity index (χ0v) is 16.8. The number of carbonyl (C=O) groups excluding carboxylic acids is 1. The van der Waals surface area contributed by atoms with Crippen molar-refractivity contribution >= 4 is 21.6 Å². The first kappa shape index (κ1) is 19.2. The number of hydrogen-bond donors (Lipinski definition) is 0. The Labute approximate surface area is 170 Å². The number of hydrogen-bond acceptors (Lipinski definition) is 4. The van der Waals surface area contributed by atoms with Crippen LogP contribution in [0.5, 0.6) is 0 Å². The fourth-order valence-electron chi connectivity index (χ4n) is 3.85. The normalized spacial score (nSPS) is 19.5. The van der Waals surface area contributed by atoms with Gasteiger partial charge in [0.25, 0.3) is 10.0 Å². The standard InChI is InChI=1S/C23H21NO4S/c1-3-18-19-7-4-5-8-21(19)24(23(25)15-20(18)22-9-6-14-28-22)29(26,27)17-12-10-16(2)11-13-17/h3-14,18,20H,1,15H2,2H3/t18-,20-/m0/s1. The van der Waals surface area contributed by atoms with Crippen molar-refractivity contribution in [3.63, 3.8) is 0 Å². The van der Waals surface area contributed by atoms with E-state index in [2.05, 4.69) is 6.58 Å². The van der Waals surface area contributed by atoms with Gasteiger partial charge in [0.15, 0.2) is 0 Å². The van der Waals surface area contributed by atoms with Gasteiger partial charge in [-0.05, 0) is 42.8 Å². The second-order valence-electron chi connectivity index (χ2n) is 7.12. The van der Waals surface area contributed by atoms with Crippen molar-refractivity contribution in [3.8, 4) is 0 Å². The highest BCUT2D eigenvalue weighted by molar-refractivity contribution is 7.93. The Hall–Kier alpha value is -3.12. The van der Waals surface area contributed by atoms with Gasteiger partial charge in [0.05, 0.1) is 16.8 Å². The number of furan rings is 1. The van der Waals surface area contributed by atoms with Crippen LogP contribution >= 0.6 is 0 Å². The molecule has 0 fully saturated rings. The molecule has 148 valence electrons. The molecule has 4 rings (SSSR count). The molecule has 0 saturated heterocycles. The van der Waals surface area contributed by atoms with Gasteiger partial charge in [0, 0.05) is 18.3 Å². The molecule has 0 unspecified atom stereocenters. The van der Waals surface area contributed by atoms with E-state index in [1.807, 2.05) is 19.1 Å². The number of allylic oxidation sites excluding steroid dienone is 1. The maximum atomic E-state index is 13.5. The summed E-state index contributed by atoms with van der Waals surface area (Å²) < 4.78 is 33.4. The molecule has 2 atom stereocenters. The van der Waals surface area contributed by atoms with E-state index in [9.17, 15) is 13.2 Å². The van der Waals surface area contributed by atoms with Crippen molar-refractivity contribution < 1.29 is 17.6 Å². The molecule has 0 N–H and O–H groups in total. The molecule has 1 aliphatic rings. The zero-order chi connectivity index (χ0) is 20.6. The number of nitrogens with zero attached hydrogens (tertiary/aromatic N) is 1. The van der Waals surface area contributed by atoms with Crippen LogP contribution < -0.4 is 4.31 Å². The molecule has 1 aliphatic heterocycles. The summed E-state index contributed by atoms with van der Waals surface area (Å²) in [4.78, 5) is 13.4. The minimum Gasteiger partial charge on any atom is -0.469 e. The molecule has 5 nitrogen and oxygen atoms in total. The van der Waals surface area contributed by atoms with Crippen LogP contribution in [0.1, 0.15) is 35.1 Å². The van der Waals surface area contributed by atoms with E-state index in [1.165, 1.54) is 12.1 Å². The number of amides is 1. The average molecular weight is 407 g/mol. The Balaban J connectivity index is 1.91. The van der Waals surface area contributed by atoms with Crippen LogP contribution in [0.25, 0.3) is 0 Å². The highest BCUT2D eigenvalue weighted by Crippen LogP contribution is 2.45. The molecule has 0 saturated carbocycles. The predicted molar refractivity (Wildman–Crippen MR) is 111 cm³/mol. The molecule has 0 bridgehead atoms. The van der Waals surface area contributed by atoms with Crippen molar-refractivity contribution in [2.75, 3.05) is 4.31 Å². The molecule has 0 spiro atoms. The lowest BCUT2D eigenvalue weighted by Crippen LogP contribution is -2.37. The van der Waals surface area contributed by atoms with Gasteiger partial charge in [-0.3, -0.25) is 4.79 Å². The Morgan fingerprint density at radius 2 is 1.79 bits per heavy atom. The second kappa shape index (κ2) is 7.37. The maximum absolute atomic E-state index is 13.5. The first-order chi connectivity index (χ1) is 13.9. The maximum Gasteiger partial charge on any atom is 0.270 e. The zero-order valence-electron chi connectivity index (χ0n) is 16.0. The Morgan fingerprint density at radius 1 is 1.07 bits per heavy atom. The van der Waals surface area contributed by atoms with Gasteiger partial charge < -0.3 is 4.42 Å². The van der Waals surface area contributed by atoms with Gasteiger partial charge in [-0.15, -0.1) is 6.58 Å².